The second kappa shape index (κ2) is 4.46. The largest absolute Gasteiger partial charge is 0.506 e. The highest BCUT2D eigenvalue weighted by atomic mass is 79.9. The van der Waals surface area contributed by atoms with Crippen molar-refractivity contribution in [1.29, 1.82) is 0 Å². The fourth-order valence-corrected chi connectivity index (χ4v) is 2.70. The van der Waals surface area contributed by atoms with Gasteiger partial charge < -0.3 is 5.11 Å². The normalized spacial score (nSPS) is 10.7. The molecule has 0 aliphatic heterocycles. The first-order chi connectivity index (χ1) is 8.77. The van der Waals surface area contributed by atoms with E-state index in [4.69, 9.17) is 0 Å². The van der Waals surface area contributed by atoms with Crippen LogP contribution in [0.15, 0.2) is 65.1 Å². The Morgan fingerprint density at radius 3 is 2.28 bits per heavy atom. The summed E-state index contributed by atoms with van der Waals surface area (Å²) in [7, 11) is 0. The standard InChI is InChI=1S/C16H11BrO/c17-15-13-9-5-4-8-12(13)10-14(16(15)18)11-6-2-1-3-7-11/h1-10,18H. The van der Waals surface area contributed by atoms with E-state index in [1.165, 1.54) is 0 Å². The average molecular weight is 299 g/mol. The highest BCUT2D eigenvalue weighted by molar-refractivity contribution is 9.10. The third kappa shape index (κ3) is 1.79. The van der Waals surface area contributed by atoms with E-state index in [1.807, 2.05) is 60.7 Å². The van der Waals surface area contributed by atoms with E-state index in [1.54, 1.807) is 0 Å². The molecule has 0 aliphatic carbocycles. The molecule has 1 nitrogen and oxygen atoms in total. The van der Waals surface area contributed by atoms with Crippen LogP contribution in [-0.4, -0.2) is 5.11 Å². The number of phenols is 1. The van der Waals surface area contributed by atoms with Crippen molar-refractivity contribution in [2.24, 2.45) is 0 Å². The Morgan fingerprint density at radius 1 is 0.833 bits per heavy atom. The lowest BCUT2D eigenvalue weighted by Crippen LogP contribution is -1.83. The molecule has 88 valence electrons. The number of aromatic hydroxyl groups is 1. The smallest absolute Gasteiger partial charge is 0.138 e. The van der Waals surface area contributed by atoms with E-state index in [0.717, 1.165) is 26.4 Å². The predicted octanol–water partition coefficient (Wildman–Crippen LogP) is 4.97. The minimum Gasteiger partial charge on any atom is -0.506 e. The molecule has 0 fully saturated rings. The molecule has 0 aromatic heterocycles. The van der Waals surface area contributed by atoms with E-state index in [2.05, 4.69) is 15.9 Å². The monoisotopic (exact) mass is 298 g/mol. The van der Waals surface area contributed by atoms with E-state index < -0.39 is 0 Å². The number of hydrogen-bond acceptors (Lipinski definition) is 1. The summed E-state index contributed by atoms with van der Waals surface area (Å²) < 4.78 is 0.749. The summed E-state index contributed by atoms with van der Waals surface area (Å²) in [5.74, 6) is 0.292. The molecule has 0 radical (unpaired) electrons. The molecule has 0 saturated carbocycles. The first-order valence-electron chi connectivity index (χ1n) is 5.73. The van der Waals surface area contributed by atoms with E-state index in [0.29, 0.717) is 5.75 Å². The Labute approximate surface area is 114 Å². The van der Waals surface area contributed by atoms with Crippen LogP contribution in [-0.2, 0) is 0 Å². The summed E-state index contributed by atoms with van der Waals surface area (Å²) in [4.78, 5) is 0. The van der Waals surface area contributed by atoms with Gasteiger partial charge in [-0.25, -0.2) is 0 Å². The van der Waals surface area contributed by atoms with Gasteiger partial charge in [0.05, 0.1) is 4.47 Å². The number of halogens is 1. The van der Waals surface area contributed by atoms with Crippen LogP contribution in [0.4, 0.5) is 0 Å². The van der Waals surface area contributed by atoms with Gasteiger partial charge in [-0.05, 0) is 38.3 Å². The van der Waals surface area contributed by atoms with Crippen LogP contribution in [0.5, 0.6) is 5.75 Å². The number of rotatable bonds is 1. The molecule has 3 aromatic carbocycles. The maximum absolute atomic E-state index is 10.3. The predicted molar refractivity (Wildman–Crippen MR) is 78.7 cm³/mol. The minimum absolute atomic E-state index is 0.292. The molecule has 1 N–H and O–H groups in total. The van der Waals surface area contributed by atoms with Gasteiger partial charge in [-0.2, -0.15) is 0 Å². The van der Waals surface area contributed by atoms with Gasteiger partial charge in [-0.3, -0.25) is 0 Å². The Balaban J connectivity index is 2.34. The minimum atomic E-state index is 0.292. The van der Waals surface area contributed by atoms with Gasteiger partial charge in [0, 0.05) is 5.56 Å². The van der Waals surface area contributed by atoms with Gasteiger partial charge in [-0.1, -0.05) is 54.6 Å². The zero-order valence-corrected chi connectivity index (χ0v) is 11.2. The van der Waals surface area contributed by atoms with Crippen LogP contribution < -0.4 is 0 Å². The van der Waals surface area contributed by atoms with Crippen molar-refractivity contribution in [3.63, 3.8) is 0 Å². The van der Waals surface area contributed by atoms with Crippen LogP contribution in [0.2, 0.25) is 0 Å². The van der Waals surface area contributed by atoms with Crippen molar-refractivity contribution in [2.75, 3.05) is 0 Å². The third-order valence-electron chi connectivity index (χ3n) is 3.04. The molecule has 0 atom stereocenters. The Hall–Kier alpha value is -1.80. The van der Waals surface area contributed by atoms with Gasteiger partial charge in [-0.15, -0.1) is 0 Å². The Bertz CT molecular complexity index is 705. The molecular formula is C16H11BrO. The zero-order valence-electron chi connectivity index (χ0n) is 9.60. The molecular weight excluding hydrogens is 288 g/mol. The Morgan fingerprint density at radius 2 is 1.50 bits per heavy atom. The molecule has 2 heteroatoms. The fourth-order valence-electron chi connectivity index (χ4n) is 2.13. The van der Waals surface area contributed by atoms with Crippen LogP contribution in [0.1, 0.15) is 0 Å². The number of hydrogen-bond donors (Lipinski definition) is 1. The number of phenolic OH excluding ortho intramolecular Hbond substituents is 1. The van der Waals surface area contributed by atoms with E-state index in [9.17, 15) is 5.11 Å². The summed E-state index contributed by atoms with van der Waals surface area (Å²) in [6.07, 6.45) is 0. The molecule has 18 heavy (non-hydrogen) atoms. The molecule has 0 amide bonds. The molecule has 3 rings (SSSR count). The maximum atomic E-state index is 10.3. The second-order valence-corrected chi connectivity index (χ2v) is 4.97. The third-order valence-corrected chi connectivity index (χ3v) is 3.85. The molecule has 0 bridgehead atoms. The number of benzene rings is 3. The van der Waals surface area contributed by atoms with Crippen molar-refractivity contribution in [3.8, 4) is 16.9 Å². The highest BCUT2D eigenvalue weighted by Crippen LogP contribution is 2.40. The van der Waals surface area contributed by atoms with Crippen LogP contribution >= 0.6 is 15.9 Å². The molecule has 0 unspecified atom stereocenters. The topological polar surface area (TPSA) is 20.2 Å². The highest BCUT2D eigenvalue weighted by Gasteiger charge is 2.11. The lowest BCUT2D eigenvalue weighted by atomic mass is 10.0. The van der Waals surface area contributed by atoms with E-state index >= 15 is 0 Å². The summed E-state index contributed by atoms with van der Waals surface area (Å²) in [5, 5.41) is 12.4. The molecule has 0 spiro atoms. The maximum Gasteiger partial charge on any atom is 0.138 e. The van der Waals surface area contributed by atoms with Gasteiger partial charge in [0.2, 0.25) is 0 Å². The average Bonchev–Trinajstić information content (AvgIpc) is 2.44. The van der Waals surface area contributed by atoms with E-state index in [-0.39, 0.29) is 0 Å². The fraction of sp³-hybridized carbons (Fsp3) is 0. The quantitative estimate of drug-likeness (QED) is 0.672. The molecule has 3 aromatic rings. The van der Waals surface area contributed by atoms with Gasteiger partial charge in [0.25, 0.3) is 0 Å². The van der Waals surface area contributed by atoms with Gasteiger partial charge in [0.15, 0.2) is 0 Å². The SMILES string of the molecule is Oc1c(-c2ccccc2)cc2ccccc2c1Br. The van der Waals surface area contributed by atoms with Crippen molar-refractivity contribution >= 4 is 26.7 Å². The van der Waals surface area contributed by atoms with Crippen molar-refractivity contribution in [1.82, 2.24) is 0 Å². The summed E-state index contributed by atoms with van der Waals surface area (Å²) in [5.41, 5.74) is 1.86. The zero-order chi connectivity index (χ0) is 12.5. The van der Waals surface area contributed by atoms with Crippen molar-refractivity contribution in [2.45, 2.75) is 0 Å². The van der Waals surface area contributed by atoms with Crippen molar-refractivity contribution in [3.05, 3.63) is 65.1 Å². The second-order valence-electron chi connectivity index (χ2n) is 4.17. The van der Waals surface area contributed by atoms with Gasteiger partial charge >= 0.3 is 0 Å². The molecule has 0 saturated heterocycles. The summed E-state index contributed by atoms with van der Waals surface area (Å²) in [6.45, 7) is 0. The first-order valence-corrected chi connectivity index (χ1v) is 6.52. The number of fused-ring (bicyclic) bond motifs is 1. The molecule has 0 aliphatic rings. The lowest BCUT2D eigenvalue weighted by molar-refractivity contribution is 0.475. The van der Waals surface area contributed by atoms with Crippen LogP contribution in [0.25, 0.3) is 21.9 Å². The van der Waals surface area contributed by atoms with Crippen molar-refractivity contribution < 1.29 is 5.11 Å². The first kappa shape index (κ1) is 11.3. The summed E-state index contributed by atoms with van der Waals surface area (Å²) >= 11 is 3.48. The van der Waals surface area contributed by atoms with Gasteiger partial charge in [0.1, 0.15) is 5.75 Å². The van der Waals surface area contributed by atoms with Crippen LogP contribution in [0, 0.1) is 0 Å². The molecule has 0 heterocycles. The lowest BCUT2D eigenvalue weighted by Gasteiger charge is -2.10. The summed E-state index contributed by atoms with van der Waals surface area (Å²) in [6, 6.07) is 19.9. The Kier molecular flexibility index (Phi) is 2.80. The van der Waals surface area contributed by atoms with Crippen LogP contribution in [0.3, 0.4) is 0 Å².